The molecule has 3 aromatic heterocycles. The van der Waals surface area contributed by atoms with E-state index in [0.717, 1.165) is 17.0 Å². The van der Waals surface area contributed by atoms with E-state index >= 15 is 0 Å². The zero-order valence-corrected chi connectivity index (χ0v) is 17.4. The van der Waals surface area contributed by atoms with E-state index in [1.165, 1.54) is 11.8 Å². The molecule has 0 saturated carbocycles. The fourth-order valence-electron chi connectivity index (χ4n) is 2.83. The summed E-state index contributed by atoms with van der Waals surface area (Å²) in [6.07, 6.45) is 3.84. The van der Waals surface area contributed by atoms with Crippen molar-refractivity contribution in [2.24, 2.45) is 5.73 Å². The number of nitrogens with two attached hydrogens (primary N) is 1. The Labute approximate surface area is 181 Å². The zero-order chi connectivity index (χ0) is 20.9. The monoisotopic (exact) mass is 443 g/mol. The highest BCUT2D eigenvalue weighted by Gasteiger charge is 2.16. The first kappa shape index (κ1) is 20.2. The van der Waals surface area contributed by atoms with E-state index in [0.29, 0.717) is 40.6 Å². The highest BCUT2D eigenvalue weighted by atomic mass is 35.5. The molecule has 4 aromatic rings. The van der Waals surface area contributed by atoms with Crippen LogP contribution in [0.4, 0.5) is 0 Å². The molecule has 0 spiro atoms. The molecular weight excluding hydrogens is 426 g/mol. The number of primary amides is 1. The molecular formula is C20H18ClN5O3S. The van der Waals surface area contributed by atoms with Gasteiger partial charge in [-0.1, -0.05) is 29.4 Å². The first-order chi connectivity index (χ1) is 14.6. The highest BCUT2D eigenvalue weighted by molar-refractivity contribution is 7.98. The van der Waals surface area contributed by atoms with E-state index in [-0.39, 0.29) is 12.3 Å². The normalized spacial score (nSPS) is 11.1. The van der Waals surface area contributed by atoms with Gasteiger partial charge in [0, 0.05) is 29.2 Å². The molecule has 8 nitrogen and oxygen atoms in total. The second-order valence-electron chi connectivity index (χ2n) is 6.47. The standard InChI is InChI=1S/C20H18ClN5O3S/c21-14-4-1-3-13(9-14)19-23-15(11-29-19)12-30-20-25-24-18(7-6-17(22)27)26(20)10-16-5-2-8-28-16/h1-5,8-9,11H,6-7,10,12H2,(H2,22,27). The molecule has 3 heterocycles. The van der Waals surface area contributed by atoms with Gasteiger partial charge in [-0.05, 0) is 30.3 Å². The number of benzene rings is 1. The molecule has 10 heteroatoms. The third-order valence-electron chi connectivity index (χ3n) is 4.25. The lowest BCUT2D eigenvalue weighted by Crippen LogP contribution is -2.14. The van der Waals surface area contributed by atoms with Gasteiger partial charge in [0.1, 0.15) is 17.8 Å². The summed E-state index contributed by atoms with van der Waals surface area (Å²) in [5.41, 5.74) is 6.86. The van der Waals surface area contributed by atoms with Crippen LogP contribution >= 0.6 is 23.4 Å². The number of carbonyl (C=O) groups is 1. The van der Waals surface area contributed by atoms with Gasteiger partial charge in [0.15, 0.2) is 5.16 Å². The first-order valence-corrected chi connectivity index (χ1v) is 10.5. The van der Waals surface area contributed by atoms with Crippen molar-refractivity contribution in [2.45, 2.75) is 30.3 Å². The maximum Gasteiger partial charge on any atom is 0.226 e. The molecule has 1 amide bonds. The number of hydrogen-bond donors (Lipinski definition) is 1. The average Bonchev–Trinajstić information content (AvgIpc) is 3.47. The van der Waals surface area contributed by atoms with Gasteiger partial charge >= 0.3 is 0 Å². The lowest BCUT2D eigenvalue weighted by Gasteiger charge is -2.07. The number of halogens is 1. The van der Waals surface area contributed by atoms with E-state index in [4.69, 9.17) is 26.2 Å². The van der Waals surface area contributed by atoms with Gasteiger partial charge in [0.2, 0.25) is 11.8 Å². The minimum atomic E-state index is -0.382. The molecule has 1 aromatic carbocycles. The van der Waals surface area contributed by atoms with Crippen molar-refractivity contribution < 1.29 is 13.6 Å². The van der Waals surface area contributed by atoms with Crippen LogP contribution in [-0.2, 0) is 23.5 Å². The Hall–Kier alpha value is -3.04. The molecule has 4 rings (SSSR count). The van der Waals surface area contributed by atoms with Crippen molar-refractivity contribution >= 4 is 29.3 Å². The van der Waals surface area contributed by atoms with Crippen LogP contribution in [0, 0.1) is 0 Å². The van der Waals surface area contributed by atoms with Crippen LogP contribution in [-0.4, -0.2) is 25.7 Å². The summed E-state index contributed by atoms with van der Waals surface area (Å²) in [5, 5.41) is 9.81. The summed E-state index contributed by atoms with van der Waals surface area (Å²) in [6.45, 7) is 0.461. The fourth-order valence-corrected chi connectivity index (χ4v) is 3.85. The second-order valence-corrected chi connectivity index (χ2v) is 7.85. The van der Waals surface area contributed by atoms with Gasteiger partial charge in [0.25, 0.3) is 0 Å². The second kappa shape index (κ2) is 9.19. The highest BCUT2D eigenvalue weighted by Crippen LogP contribution is 2.26. The molecule has 0 fully saturated rings. The molecule has 154 valence electrons. The largest absolute Gasteiger partial charge is 0.467 e. The number of amides is 1. The van der Waals surface area contributed by atoms with Crippen LogP contribution in [0.2, 0.25) is 5.02 Å². The quantitative estimate of drug-likeness (QED) is 0.390. The maximum absolute atomic E-state index is 11.2. The fraction of sp³-hybridized carbons (Fsp3) is 0.200. The number of aromatic nitrogens is 4. The van der Waals surface area contributed by atoms with Gasteiger partial charge in [0.05, 0.1) is 18.5 Å². The van der Waals surface area contributed by atoms with Crippen LogP contribution in [0.3, 0.4) is 0 Å². The van der Waals surface area contributed by atoms with Gasteiger partial charge < -0.3 is 14.6 Å². The van der Waals surface area contributed by atoms with Crippen molar-refractivity contribution in [3.63, 3.8) is 0 Å². The number of carbonyl (C=O) groups excluding carboxylic acids is 1. The molecule has 0 radical (unpaired) electrons. The Balaban J connectivity index is 1.49. The topological polar surface area (TPSA) is 113 Å². The van der Waals surface area contributed by atoms with Crippen LogP contribution in [0.25, 0.3) is 11.5 Å². The van der Waals surface area contributed by atoms with Crippen molar-refractivity contribution in [1.29, 1.82) is 0 Å². The van der Waals surface area contributed by atoms with Crippen molar-refractivity contribution in [2.75, 3.05) is 0 Å². The Morgan fingerprint density at radius 3 is 2.87 bits per heavy atom. The van der Waals surface area contributed by atoms with Crippen molar-refractivity contribution in [3.05, 3.63) is 71.2 Å². The molecule has 0 aliphatic heterocycles. The Kier molecular flexibility index (Phi) is 6.20. The van der Waals surface area contributed by atoms with Gasteiger partial charge in [-0.2, -0.15) is 0 Å². The van der Waals surface area contributed by atoms with E-state index in [9.17, 15) is 4.79 Å². The predicted octanol–water partition coefficient (Wildman–Crippen LogP) is 3.94. The summed E-state index contributed by atoms with van der Waals surface area (Å²) in [4.78, 5) is 15.7. The Bertz CT molecular complexity index is 1140. The third-order valence-corrected chi connectivity index (χ3v) is 5.49. The SMILES string of the molecule is NC(=O)CCc1nnc(SCc2coc(-c3cccc(Cl)c3)n2)n1Cc1ccco1. The molecule has 0 aliphatic rings. The van der Waals surface area contributed by atoms with E-state index < -0.39 is 0 Å². The van der Waals surface area contributed by atoms with Crippen molar-refractivity contribution in [3.8, 4) is 11.5 Å². The van der Waals surface area contributed by atoms with E-state index in [1.54, 1.807) is 24.7 Å². The minimum Gasteiger partial charge on any atom is -0.467 e. The number of furan rings is 1. The van der Waals surface area contributed by atoms with Crippen molar-refractivity contribution in [1.82, 2.24) is 19.7 Å². The summed E-state index contributed by atoms with van der Waals surface area (Å²) >= 11 is 7.51. The Morgan fingerprint density at radius 1 is 1.20 bits per heavy atom. The number of rotatable bonds is 9. The number of oxazole rings is 1. The lowest BCUT2D eigenvalue weighted by molar-refractivity contribution is -0.118. The number of nitrogens with zero attached hydrogens (tertiary/aromatic N) is 4. The summed E-state index contributed by atoms with van der Waals surface area (Å²) in [6, 6.07) is 11.0. The van der Waals surface area contributed by atoms with E-state index in [1.807, 2.05) is 28.8 Å². The molecule has 30 heavy (non-hydrogen) atoms. The van der Waals surface area contributed by atoms with Crippen LogP contribution in [0.1, 0.15) is 23.7 Å². The van der Waals surface area contributed by atoms with Crippen LogP contribution < -0.4 is 5.73 Å². The van der Waals surface area contributed by atoms with Gasteiger partial charge in [-0.25, -0.2) is 4.98 Å². The molecule has 2 N–H and O–H groups in total. The van der Waals surface area contributed by atoms with Gasteiger partial charge in [-0.15, -0.1) is 10.2 Å². The number of thioether (sulfide) groups is 1. The average molecular weight is 444 g/mol. The molecule has 0 saturated heterocycles. The molecule has 0 atom stereocenters. The molecule has 0 aliphatic carbocycles. The minimum absolute atomic E-state index is 0.202. The Morgan fingerprint density at radius 2 is 2.10 bits per heavy atom. The van der Waals surface area contributed by atoms with Gasteiger partial charge in [-0.3, -0.25) is 9.36 Å². The van der Waals surface area contributed by atoms with Crippen LogP contribution in [0.5, 0.6) is 0 Å². The lowest BCUT2D eigenvalue weighted by atomic mass is 10.2. The predicted molar refractivity (Wildman–Crippen MR) is 112 cm³/mol. The molecule has 0 bridgehead atoms. The van der Waals surface area contributed by atoms with E-state index in [2.05, 4.69) is 15.2 Å². The van der Waals surface area contributed by atoms with Crippen LogP contribution in [0.15, 0.2) is 62.9 Å². The summed E-state index contributed by atoms with van der Waals surface area (Å²) in [7, 11) is 0. The summed E-state index contributed by atoms with van der Waals surface area (Å²) in [5.74, 6) is 2.10. The third kappa shape index (κ3) is 4.92. The first-order valence-electron chi connectivity index (χ1n) is 9.14. The maximum atomic E-state index is 11.2. The molecule has 0 unspecified atom stereocenters. The number of hydrogen-bond acceptors (Lipinski definition) is 7. The summed E-state index contributed by atoms with van der Waals surface area (Å²) < 4.78 is 13.0. The zero-order valence-electron chi connectivity index (χ0n) is 15.8. The number of aryl methyl sites for hydroxylation is 1. The smallest absolute Gasteiger partial charge is 0.226 e.